The number of urea groups is 1. The van der Waals surface area contributed by atoms with Gasteiger partial charge in [-0.15, -0.1) is 10.2 Å². The van der Waals surface area contributed by atoms with Crippen LogP contribution in [0, 0.1) is 6.92 Å². The van der Waals surface area contributed by atoms with Crippen LogP contribution in [0.1, 0.15) is 19.4 Å². The molecule has 7 heteroatoms. The molecule has 0 aliphatic carbocycles. The Morgan fingerprint density at radius 3 is 2.43 bits per heavy atom. The van der Waals surface area contributed by atoms with Crippen LogP contribution in [0.5, 0.6) is 5.75 Å². The van der Waals surface area contributed by atoms with Crippen LogP contribution in [0.3, 0.4) is 0 Å². The largest absolute Gasteiger partial charge is 0.495 e. The highest BCUT2D eigenvalue weighted by molar-refractivity contribution is 5.88. The number of carbonyl (C=O) groups is 1. The van der Waals surface area contributed by atoms with Crippen molar-refractivity contribution in [2.45, 2.75) is 26.8 Å². The van der Waals surface area contributed by atoms with Crippen molar-refractivity contribution in [2.75, 3.05) is 17.7 Å². The minimum absolute atomic E-state index is 0.0534. The van der Waals surface area contributed by atoms with E-state index in [1.54, 1.807) is 19.2 Å². The van der Waals surface area contributed by atoms with E-state index in [9.17, 15) is 4.79 Å². The first-order valence-corrected chi connectivity index (χ1v) is 7.31. The summed E-state index contributed by atoms with van der Waals surface area (Å²) in [5.74, 6) is 1.66. The monoisotopic (exact) mass is 315 g/mol. The molecule has 0 saturated carbocycles. The number of nitrogens with one attached hydrogen (secondary N) is 3. The Morgan fingerprint density at radius 1 is 1.13 bits per heavy atom. The molecular formula is C16H21N5O2. The maximum absolute atomic E-state index is 11.6. The van der Waals surface area contributed by atoms with Gasteiger partial charge in [0.25, 0.3) is 0 Å². The van der Waals surface area contributed by atoms with Gasteiger partial charge in [0.1, 0.15) is 5.75 Å². The minimum atomic E-state index is -0.310. The summed E-state index contributed by atoms with van der Waals surface area (Å²) < 4.78 is 5.31. The summed E-state index contributed by atoms with van der Waals surface area (Å²) in [6.45, 7) is 5.76. The molecule has 0 bridgehead atoms. The highest BCUT2D eigenvalue weighted by Gasteiger charge is 2.07. The molecule has 2 aromatic rings. The number of hydrogen-bond acceptors (Lipinski definition) is 5. The van der Waals surface area contributed by atoms with E-state index in [0.717, 1.165) is 17.0 Å². The third-order valence-electron chi connectivity index (χ3n) is 2.94. The Morgan fingerprint density at radius 2 is 1.83 bits per heavy atom. The fraction of sp³-hybridized carbons (Fsp3) is 0.312. The summed E-state index contributed by atoms with van der Waals surface area (Å²) in [6, 6.07) is 8.97. The summed E-state index contributed by atoms with van der Waals surface area (Å²) in [4.78, 5) is 11.6. The number of rotatable bonds is 5. The van der Waals surface area contributed by atoms with E-state index in [0.29, 0.717) is 11.6 Å². The standard InChI is InChI=1S/C16H21N5O2/c1-10(2)17-16(22)19-15-8-7-14(20-21-15)18-12-9-11(3)5-6-13(12)23-4/h5-10H,1-4H3,(H,18,20)(H2,17,19,21,22). The number of carbonyl (C=O) groups excluding carboxylic acids is 1. The van der Waals surface area contributed by atoms with Crippen LogP contribution in [0.4, 0.5) is 22.1 Å². The smallest absolute Gasteiger partial charge is 0.320 e. The van der Waals surface area contributed by atoms with Crippen LogP contribution >= 0.6 is 0 Å². The van der Waals surface area contributed by atoms with Crippen molar-refractivity contribution < 1.29 is 9.53 Å². The van der Waals surface area contributed by atoms with Crippen LogP contribution in [0.2, 0.25) is 0 Å². The zero-order chi connectivity index (χ0) is 16.8. The summed E-state index contributed by atoms with van der Waals surface area (Å²) in [5, 5.41) is 16.5. The normalized spacial score (nSPS) is 10.3. The van der Waals surface area contributed by atoms with Crippen molar-refractivity contribution in [2.24, 2.45) is 0 Å². The number of nitrogens with zero attached hydrogens (tertiary/aromatic N) is 2. The predicted octanol–water partition coefficient (Wildman–Crippen LogP) is 3.07. The predicted molar refractivity (Wildman–Crippen MR) is 90.3 cm³/mol. The first-order chi connectivity index (χ1) is 11.0. The maximum atomic E-state index is 11.6. The quantitative estimate of drug-likeness (QED) is 0.789. The van der Waals surface area contributed by atoms with E-state index in [2.05, 4.69) is 26.1 Å². The molecule has 0 saturated heterocycles. The Labute approximate surface area is 135 Å². The number of ether oxygens (including phenoxy) is 1. The topological polar surface area (TPSA) is 88.2 Å². The average Bonchev–Trinajstić information content (AvgIpc) is 2.48. The van der Waals surface area contributed by atoms with Gasteiger partial charge in [-0.25, -0.2) is 4.79 Å². The van der Waals surface area contributed by atoms with E-state index in [1.807, 2.05) is 39.0 Å². The summed E-state index contributed by atoms with van der Waals surface area (Å²) in [5.41, 5.74) is 1.91. The molecule has 1 aromatic carbocycles. The molecule has 1 aromatic heterocycles. The Hall–Kier alpha value is -2.83. The van der Waals surface area contributed by atoms with E-state index < -0.39 is 0 Å². The number of anilines is 3. The van der Waals surface area contributed by atoms with Gasteiger partial charge in [0.15, 0.2) is 11.6 Å². The van der Waals surface area contributed by atoms with Gasteiger partial charge in [-0.05, 0) is 50.6 Å². The lowest BCUT2D eigenvalue weighted by atomic mass is 10.2. The van der Waals surface area contributed by atoms with Crippen molar-refractivity contribution in [1.29, 1.82) is 0 Å². The number of benzene rings is 1. The van der Waals surface area contributed by atoms with Crippen molar-refractivity contribution >= 4 is 23.4 Å². The summed E-state index contributed by atoms with van der Waals surface area (Å²) >= 11 is 0. The molecule has 23 heavy (non-hydrogen) atoms. The SMILES string of the molecule is COc1ccc(C)cc1Nc1ccc(NC(=O)NC(C)C)nn1. The number of amides is 2. The van der Waals surface area contributed by atoms with Gasteiger partial charge in [-0.2, -0.15) is 0 Å². The van der Waals surface area contributed by atoms with Gasteiger partial charge in [0.2, 0.25) is 0 Å². The zero-order valence-corrected chi connectivity index (χ0v) is 13.7. The summed E-state index contributed by atoms with van der Waals surface area (Å²) in [6.07, 6.45) is 0. The number of aromatic nitrogens is 2. The molecule has 0 unspecified atom stereocenters. The van der Waals surface area contributed by atoms with E-state index in [-0.39, 0.29) is 12.1 Å². The number of aryl methyl sites for hydroxylation is 1. The molecule has 2 rings (SSSR count). The van der Waals surface area contributed by atoms with Gasteiger partial charge >= 0.3 is 6.03 Å². The van der Waals surface area contributed by atoms with Crippen molar-refractivity contribution in [1.82, 2.24) is 15.5 Å². The molecule has 3 N–H and O–H groups in total. The van der Waals surface area contributed by atoms with Crippen LogP contribution in [0.15, 0.2) is 30.3 Å². The fourth-order valence-electron chi connectivity index (χ4n) is 1.94. The molecule has 0 atom stereocenters. The van der Waals surface area contributed by atoms with Crippen molar-refractivity contribution in [3.05, 3.63) is 35.9 Å². The first kappa shape index (κ1) is 16.5. The lowest BCUT2D eigenvalue weighted by Gasteiger charge is -2.12. The average molecular weight is 315 g/mol. The molecule has 0 aliphatic rings. The van der Waals surface area contributed by atoms with Crippen LogP contribution in [-0.2, 0) is 0 Å². The molecule has 2 amide bonds. The third-order valence-corrected chi connectivity index (χ3v) is 2.94. The Kier molecular flexibility index (Phi) is 5.35. The molecule has 0 spiro atoms. The Balaban J connectivity index is 2.06. The molecule has 122 valence electrons. The van der Waals surface area contributed by atoms with Gasteiger partial charge in [-0.1, -0.05) is 6.07 Å². The van der Waals surface area contributed by atoms with Crippen molar-refractivity contribution in [3.8, 4) is 5.75 Å². The highest BCUT2D eigenvalue weighted by atomic mass is 16.5. The Bertz CT molecular complexity index is 671. The van der Waals surface area contributed by atoms with Crippen LogP contribution < -0.4 is 20.7 Å². The molecule has 0 radical (unpaired) electrons. The van der Waals surface area contributed by atoms with Crippen LogP contribution in [-0.4, -0.2) is 29.4 Å². The lowest BCUT2D eigenvalue weighted by Crippen LogP contribution is -2.34. The van der Waals surface area contributed by atoms with Crippen molar-refractivity contribution in [3.63, 3.8) is 0 Å². The third kappa shape index (κ3) is 4.84. The molecule has 0 fully saturated rings. The number of hydrogen-bond donors (Lipinski definition) is 3. The highest BCUT2D eigenvalue weighted by Crippen LogP contribution is 2.27. The van der Waals surface area contributed by atoms with Gasteiger partial charge in [0, 0.05) is 6.04 Å². The van der Waals surface area contributed by atoms with E-state index in [1.165, 1.54) is 0 Å². The van der Waals surface area contributed by atoms with Gasteiger partial charge in [0.05, 0.1) is 12.8 Å². The second-order valence-electron chi connectivity index (χ2n) is 5.39. The van der Waals surface area contributed by atoms with Gasteiger partial charge in [-0.3, -0.25) is 5.32 Å². The van der Waals surface area contributed by atoms with E-state index >= 15 is 0 Å². The molecule has 1 heterocycles. The summed E-state index contributed by atoms with van der Waals surface area (Å²) in [7, 11) is 1.61. The second-order valence-corrected chi connectivity index (χ2v) is 5.39. The zero-order valence-electron chi connectivity index (χ0n) is 13.7. The van der Waals surface area contributed by atoms with Crippen LogP contribution in [0.25, 0.3) is 0 Å². The maximum Gasteiger partial charge on any atom is 0.320 e. The van der Waals surface area contributed by atoms with E-state index in [4.69, 9.17) is 4.74 Å². The molecule has 7 nitrogen and oxygen atoms in total. The fourth-order valence-corrected chi connectivity index (χ4v) is 1.94. The molecular weight excluding hydrogens is 294 g/mol. The lowest BCUT2D eigenvalue weighted by molar-refractivity contribution is 0.250. The first-order valence-electron chi connectivity index (χ1n) is 7.31. The number of methoxy groups -OCH3 is 1. The van der Waals surface area contributed by atoms with Gasteiger partial charge < -0.3 is 15.4 Å². The minimum Gasteiger partial charge on any atom is -0.495 e. The second kappa shape index (κ2) is 7.44. The molecule has 0 aliphatic heterocycles.